The highest BCUT2D eigenvalue weighted by molar-refractivity contribution is 6.31. The Balaban J connectivity index is 2.13. The highest BCUT2D eigenvalue weighted by Gasteiger charge is 2.25. The number of carbonyl (C=O) groups excluding carboxylic acids is 2. The van der Waals surface area contributed by atoms with Gasteiger partial charge in [-0.15, -0.1) is 0 Å². The number of nitrogens with one attached hydrogen (secondary N) is 3. The minimum absolute atomic E-state index is 0.0261. The number of anilines is 1. The number of carboxylic acids is 1. The van der Waals surface area contributed by atoms with E-state index in [2.05, 4.69) is 10.6 Å². The topological polar surface area (TPSA) is 151 Å². The van der Waals surface area contributed by atoms with Gasteiger partial charge in [0.05, 0.1) is 18.9 Å². The predicted molar refractivity (Wildman–Crippen MR) is 149 cm³/mol. The van der Waals surface area contributed by atoms with Gasteiger partial charge in [-0.1, -0.05) is 11.6 Å². The van der Waals surface area contributed by atoms with E-state index >= 15 is 0 Å². The first-order chi connectivity index (χ1) is 18.6. The van der Waals surface area contributed by atoms with E-state index in [1.165, 1.54) is 61.3 Å². The molecule has 0 saturated heterocycles. The smallest absolute Gasteiger partial charge is 0.335 e. The maximum Gasteiger partial charge on any atom is 0.335 e. The van der Waals surface area contributed by atoms with E-state index in [9.17, 15) is 19.2 Å². The number of amides is 1. The Morgan fingerprint density at radius 2 is 1.82 bits per heavy atom. The Hall–Kier alpha value is -4.70. The van der Waals surface area contributed by atoms with Crippen LogP contribution in [0.25, 0.3) is 11.1 Å². The van der Waals surface area contributed by atoms with E-state index < -0.39 is 23.5 Å². The van der Waals surface area contributed by atoms with Crippen molar-refractivity contribution in [3.05, 3.63) is 93.0 Å². The Morgan fingerprint density at radius 1 is 1.13 bits per heavy atom. The number of allylic oxidation sites excluding steroid dienone is 1. The Morgan fingerprint density at radius 3 is 2.38 bits per heavy atom. The maximum absolute atomic E-state index is 13.5. The first-order valence-corrected chi connectivity index (χ1v) is 12.1. The number of benzene rings is 2. The summed E-state index contributed by atoms with van der Waals surface area (Å²) in [6, 6.07) is 10.4. The number of methoxy groups -OCH3 is 1. The van der Waals surface area contributed by atoms with Gasteiger partial charge in [0.15, 0.2) is 5.78 Å². The van der Waals surface area contributed by atoms with Gasteiger partial charge in [-0.05, 0) is 60.5 Å². The number of hydrogen-bond donors (Lipinski definition) is 4. The summed E-state index contributed by atoms with van der Waals surface area (Å²) >= 11 is 6.18. The third-order valence-corrected chi connectivity index (χ3v) is 6.13. The number of hydrogen-bond acceptors (Lipinski definition) is 7. The van der Waals surface area contributed by atoms with Gasteiger partial charge in [0.2, 0.25) is 5.91 Å². The first kappa shape index (κ1) is 28.9. The molecule has 3 rings (SSSR count). The monoisotopic (exact) mass is 550 g/mol. The Labute approximate surface area is 229 Å². The molecule has 10 nitrogen and oxygen atoms in total. The van der Waals surface area contributed by atoms with Crippen LogP contribution in [-0.4, -0.2) is 47.7 Å². The molecule has 0 aliphatic carbocycles. The van der Waals surface area contributed by atoms with E-state index in [-0.39, 0.29) is 23.5 Å². The second kappa shape index (κ2) is 12.7. The predicted octanol–water partition coefficient (Wildman–Crippen LogP) is 4.40. The number of carboxylic acid groups (broad SMARTS) is 1. The molecule has 1 aromatic heterocycles. The van der Waals surface area contributed by atoms with Gasteiger partial charge < -0.3 is 25.9 Å². The molecule has 1 atom stereocenters. The summed E-state index contributed by atoms with van der Waals surface area (Å²) in [5.41, 5.74) is 1.33. The van der Waals surface area contributed by atoms with Gasteiger partial charge in [0.25, 0.3) is 5.56 Å². The van der Waals surface area contributed by atoms with Crippen molar-refractivity contribution in [2.75, 3.05) is 19.5 Å². The van der Waals surface area contributed by atoms with Crippen LogP contribution in [-0.2, 0) is 4.79 Å². The highest BCUT2D eigenvalue weighted by atomic mass is 35.5. The summed E-state index contributed by atoms with van der Waals surface area (Å²) in [5, 5.41) is 22.7. The lowest BCUT2D eigenvalue weighted by atomic mass is 9.97. The molecule has 0 spiro atoms. The molecular weight excluding hydrogens is 524 g/mol. The van der Waals surface area contributed by atoms with Gasteiger partial charge >= 0.3 is 5.97 Å². The van der Waals surface area contributed by atoms with Crippen LogP contribution in [0.15, 0.2) is 71.3 Å². The molecule has 0 aliphatic rings. The zero-order chi connectivity index (χ0) is 28.7. The number of pyridine rings is 1. The minimum atomic E-state index is -1.12. The maximum atomic E-state index is 13.5. The lowest BCUT2D eigenvalue weighted by Crippen LogP contribution is -2.33. The molecule has 4 N–H and O–H groups in total. The number of rotatable bonds is 11. The van der Waals surface area contributed by atoms with Crippen LogP contribution in [0.5, 0.6) is 5.75 Å². The van der Waals surface area contributed by atoms with Crippen molar-refractivity contribution in [2.24, 2.45) is 0 Å². The highest BCUT2D eigenvalue weighted by Crippen LogP contribution is 2.34. The van der Waals surface area contributed by atoms with Crippen LogP contribution in [0, 0.1) is 5.41 Å². The van der Waals surface area contributed by atoms with E-state index in [1.807, 2.05) is 0 Å². The second-order valence-corrected chi connectivity index (χ2v) is 8.93. The van der Waals surface area contributed by atoms with E-state index in [4.69, 9.17) is 26.9 Å². The van der Waals surface area contributed by atoms with Gasteiger partial charge in [0, 0.05) is 53.8 Å². The zero-order valence-electron chi connectivity index (χ0n) is 21.4. The summed E-state index contributed by atoms with van der Waals surface area (Å²) in [6.45, 7) is 1.40. The third kappa shape index (κ3) is 6.79. The van der Waals surface area contributed by atoms with Crippen LogP contribution in [0.3, 0.4) is 0 Å². The summed E-state index contributed by atoms with van der Waals surface area (Å²) in [6.07, 6.45) is 3.96. The molecule has 0 fully saturated rings. The normalized spacial score (nSPS) is 11.8. The number of Topliss-reactive ketones (excluding diaryl/α,β-unsaturated/α-hetero) is 1. The van der Waals surface area contributed by atoms with Crippen molar-refractivity contribution in [3.63, 3.8) is 0 Å². The van der Waals surface area contributed by atoms with Crippen molar-refractivity contribution < 1.29 is 24.2 Å². The van der Waals surface area contributed by atoms with Crippen molar-refractivity contribution in [1.82, 2.24) is 9.88 Å². The van der Waals surface area contributed by atoms with Crippen LogP contribution in [0.2, 0.25) is 5.02 Å². The number of nitrogens with zero attached hydrogens (tertiary/aromatic N) is 1. The lowest BCUT2D eigenvalue weighted by molar-refractivity contribution is -0.119. The molecule has 202 valence electrons. The fourth-order valence-corrected chi connectivity index (χ4v) is 4.17. The lowest BCUT2D eigenvalue weighted by Gasteiger charge is -2.22. The molecule has 2 aromatic carbocycles. The van der Waals surface area contributed by atoms with Crippen LogP contribution < -0.4 is 20.9 Å². The van der Waals surface area contributed by atoms with Crippen molar-refractivity contribution in [3.8, 4) is 16.9 Å². The Kier molecular flexibility index (Phi) is 9.40. The summed E-state index contributed by atoms with van der Waals surface area (Å²) in [5.74, 6) is -1.69. The number of aromatic carboxylic acids is 1. The summed E-state index contributed by atoms with van der Waals surface area (Å²) in [4.78, 5) is 50.3. The van der Waals surface area contributed by atoms with Crippen molar-refractivity contribution >= 4 is 41.2 Å². The van der Waals surface area contributed by atoms with Gasteiger partial charge in [-0.25, -0.2) is 4.79 Å². The van der Waals surface area contributed by atoms with Crippen LogP contribution in [0.1, 0.15) is 40.1 Å². The van der Waals surface area contributed by atoms with E-state index in [0.717, 1.165) is 6.21 Å². The Bertz CT molecular complexity index is 1510. The quantitative estimate of drug-likeness (QED) is 0.204. The van der Waals surface area contributed by atoms with Crippen molar-refractivity contribution in [2.45, 2.75) is 19.4 Å². The first-order valence-electron chi connectivity index (χ1n) is 11.7. The molecule has 0 radical (unpaired) electrons. The largest absolute Gasteiger partial charge is 0.495 e. The molecule has 0 aliphatic heterocycles. The number of ketones is 1. The fraction of sp³-hybridized carbons (Fsp3) is 0.179. The van der Waals surface area contributed by atoms with Crippen LogP contribution in [0.4, 0.5) is 5.69 Å². The average Bonchev–Trinajstić information content (AvgIpc) is 2.91. The second-order valence-electron chi connectivity index (χ2n) is 8.49. The SMILES string of the molecule is CN/C=C(\C=N)C[C@H](C(=O)Nc1ccc(C(=O)O)cc1)n1cc(OC)c(-c2cc(Cl)ccc2C(C)=O)cc1=O. The number of aromatic nitrogens is 1. The molecule has 0 bridgehead atoms. The van der Waals surface area contributed by atoms with E-state index in [1.54, 1.807) is 25.2 Å². The molecule has 3 aromatic rings. The molecular formula is C28H27ClN4O6. The van der Waals surface area contributed by atoms with Gasteiger partial charge in [-0.3, -0.25) is 19.0 Å². The summed E-state index contributed by atoms with van der Waals surface area (Å²) < 4.78 is 6.75. The third-order valence-electron chi connectivity index (χ3n) is 5.90. The number of halogens is 1. The molecule has 1 amide bonds. The van der Waals surface area contributed by atoms with Gasteiger partial charge in [0.1, 0.15) is 11.8 Å². The standard InChI is InChI=1S/C28H27ClN4O6/c1-16(34)21-9-6-19(29)11-22(21)23-12-26(35)33(15-25(23)39-3)24(10-17(13-30)14-31-2)27(36)32-20-7-4-18(5-8-20)28(37)38/h4-9,11-15,24,30-31H,10H2,1-3H3,(H,32,36)(H,37,38)/b17-14-,30-13?/t24-/m1/s1. The number of ether oxygens (including phenoxy) is 1. The van der Waals surface area contributed by atoms with Crippen molar-refractivity contribution in [1.29, 1.82) is 5.41 Å². The molecule has 0 saturated carbocycles. The molecule has 1 heterocycles. The zero-order valence-corrected chi connectivity index (χ0v) is 22.2. The summed E-state index contributed by atoms with van der Waals surface area (Å²) in [7, 11) is 3.04. The fourth-order valence-electron chi connectivity index (χ4n) is 4.00. The minimum Gasteiger partial charge on any atom is -0.495 e. The van der Waals surface area contributed by atoms with Crippen LogP contribution >= 0.6 is 11.6 Å². The number of carbonyl (C=O) groups is 3. The van der Waals surface area contributed by atoms with Gasteiger partial charge in [-0.2, -0.15) is 0 Å². The molecule has 11 heteroatoms. The molecule has 0 unspecified atom stereocenters. The van der Waals surface area contributed by atoms with E-state index in [0.29, 0.717) is 33.0 Å². The molecule has 39 heavy (non-hydrogen) atoms. The average molecular weight is 551 g/mol.